The predicted octanol–water partition coefficient (Wildman–Crippen LogP) is 3.67. The molecule has 0 amide bonds. The number of hydrogen-bond acceptors (Lipinski definition) is 8. The first-order valence-corrected chi connectivity index (χ1v) is 18.4. The molecule has 39 heavy (non-hydrogen) atoms. The number of carbonyl (C=O) groups is 1. The molecule has 0 N–H and O–H groups in total. The highest BCUT2D eigenvalue weighted by Crippen LogP contribution is 2.43. The van der Waals surface area contributed by atoms with Gasteiger partial charge in [0.2, 0.25) is 10.0 Å². The third-order valence-electron chi connectivity index (χ3n) is 6.85. The van der Waals surface area contributed by atoms with E-state index >= 15 is 0 Å². The molecule has 1 aromatic carbocycles. The summed E-state index contributed by atoms with van der Waals surface area (Å²) in [4.78, 5) is 13.3. The fourth-order valence-corrected chi connectivity index (χ4v) is 7.36. The largest absolute Gasteiger partial charge is 0.461 e. The van der Waals surface area contributed by atoms with Gasteiger partial charge in [-0.15, -0.1) is 5.10 Å². The second-order valence-electron chi connectivity index (χ2n) is 10.8. The summed E-state index contributed by atoms with van der Waals surface area (Å²) in [5, 5.41) is 8.52. The molecule has 0 saturated carbocycles. The van der Waals surface area contributed by atoms with E-state index < -0.39 is 28.8 Å². The highest BCUT2D eigenvalue weighted by Gasteiger charge is 2.52. The molecule has 1 atom stereocenters. The second kappa shape index (κ2) is 12.3. The molecular formula is C27H38N4O6SSi. The molecule has 2 heterocycles. The molecule has 2 aliphatic rings. The van der Waals surface area contributed by atoms with Crippen LogP contribution in [0.25, 0.3) is 5.57 Å². The summed E-state index contributed by atoms with van der Waals surface area (Å²) in [5.41, 5.74) is 1.89. The van der Waals surface area contributed by atoms with Gasteiger partial charge in [-0.05, 0) is 30.5 Å². The summed E-state index contributed by atoms with van der Waals surface area (Å²) in [7, 11) is -5.37. The van der Waals surface area contributed by atoms with Crippen molar-refractivity contribution in [1.29, 1.82) is 0 Å². The van der Waals surface area contributed by atoms with Crippen molar-refractivity contribution in [2.24, 2.45) is 0 Å². The highest BCUT2D eigenvalue weighted by atomic mass is 32.2. The summed E-state index contributed by atoms with van der Waals surface area (Å²) in [6, 6.07) is 10.7. The Morgan fingerprint density at radius 3 is 2.49 bits per heavy atom. The molecule has 2 aromatic rings. The Morgan fingerprint density at radius 2 is 1.87 bits per heavy atom. The SMILES string of the molecule is CCOC(=O)c1c(C2(S(=O)(=O)N3CCOCC3)C=CC(c3ccccc3)=CC2)nnn1COCC[Si](C)(C)C. The van der Waals surface area contributed by atoms with Crippen molar-refractivity contribution in [3.05, 3.63) is 65.5 Å². The third kappa shape index (κ3) is 6.41. The molecule has 1 unspecified atom stereocenters. The van der Waals surface area contributed by atoms with Crippen LogP contribution in [0.5, 0.6) is 0 Å². The molecule has 0 radical (unpaired) electrons. The number of ether oxygens (including phenoxy) is 3. The van der Waals surface area contributed by atoms with Crippen LogP contribution in [0.15, 0.2) is 48.6 Å². The van der Waals surface area contributed by atoms with E-state index in [1.165, 1.54) is 8.99 Å². The summed E-state index contributed by atoms with van der Waals surface area (Å²) in [6.07, 6.45) is 5.39. The van der Waals surface area contributed by atoms with Crippen LogP contribution in [0, 0.1) is 0 Å². The van der Waals surface area contributed by atoms with Gasteiger partial charge < -0.3 is 14.2 Å². The van der Waals surface area contributed by atoms with E-state index in [-0.39, 0.29) is 44.2 Å². The molecule has 0 spiro atoms. The van der Waals surface area contributed by atoms with Gasteiger partial charge in [0.1, 0.15) is 12.4 Å². The van der Waals surface area contributed by atoms with Crippen molar-refractivity contribution in [2.75, 3.05) is 39.5 Å². The lowest BCUT2D eigenvalue weighted by molar-refractivity contribution is 0.0451. The quantitative estimate of drug-likeness (QED) is 0.227. The zero-order valence-corrected chi connectivity index (χ0v) is 24.9. The van der Waals surface area contributed by atoms with Crippen molar-refractivity contribution < 1.29 is 27.4 Å². The Labute approximate surface area is 231 Å². The average Bonchev–Trinajstić information content (AvgIpc) is 3.36. The lowest BCUT2D eigenvalue weighted by Gasteiger charge is -2.37. The Balaban J connectivity index is 1.77. The number of allylic oxidation sites excluding steroid dienone is 3. The van der Waals surface area contributed by atoms with Crippen LogP contribution >= 0.6 is 0 Å². The van der Waals surface area contributed by atoms with Gasteiger partial charge >= 0.3 is 5.97 Å². The second-order valence-corrected chi connectivity index (χ2v) is 18.6. The van der Waals surface area contributed by atoms with Gasteiger partial charge in [-0.3, -0.25) is 0 Å². The monoisotopic (exact) mass is 574 g/mol. The standard InChI is InChI=1S/C27H38N4O6SSi/c1-5-37-26(32)24-25(28-29-31(24)21-36-19-20-39(2,3)4)27(38(33,34)30-15-17-35-18-16-30)13-11-23(12-14-27)22-9-7-6-8-10-22/h6-13H,5,14-21H2,1-4H3. The Hall–Kier alpha value is -2.64. The lowest BCUT2D eigenvalue weighted by Crippen LogP contribution is -2.50. The van der Waals surface area contributed by atoms with Crippen LogP contribution in [-0.4, -0.2) is 81.3 Å². The molecule has 1 aromatic heterocycles. The van der Waals surface area contributed by atoms with E-state index in [1.807, 2.05) is 36.4 Å². The van der Waals surface area contributed by atoms with Crippen LogP contribution in [0.3, 0.4) is 0 Å². The minimum atomic E-state index is -4.04. The van der Waals surface area contributed by atoms with Crippen LogP contribution in [0.2, 0.25) is 25.7 Å². The van der Waals surface area contributed by atoms with Gasteiger partial charge in [0, 0.05) is 27.8 Å². The minimum absolute atomic E-state index is 0.0112. The number of benzene rings is 1. The number of rotatable bonds is 11. The van der Waals surface area contributed by atoms with E-state index in [0.717, 1.165) is 17.2 Å². The highest BCUT2D eigenvalue weighted by molar-refractivity contribution is 7.90. The van der Waals surface area contributed by atoms with Crippen molar-refractivity contribution >= 4 is 29.6 Å². The van der Waals surface area contributed by atoms with Crippen molar-refractivity contribution in [1.82, 2.24) is 19.3 Å². The van der Waals surface area contributed by atoms with Gasteiger partial charge in [0.05, 0.1) is 19.8 Å². The molecule has 0 bridgehead atoms. The maximum Gasteiger partial charge on any atom is 0.358 e. The number of sulfonamides is 1. The maximum absolute atomic E-state index is 14.4. The Bertz CT molecular complexity index is 1310. The van der Waals surface area contributed by atoms with Gasteiger partial charge in [0.25, 0.3) is 0 Å². The molecule has 4 rings (SSSR count). The molecule has 212 valence electrons. The summed E-state index contributed by atoms with van der Waals surface area (Å²) >= 11 is 0. The van der Waals surface area contributed by atoms with E-state index in [4.69, 9.17) is 14.2 Å². The van der Waals surface area contributed by atoms with E-state index in [2.05, 4.69) is 30.0 Å². The summed E-state index contributed by atoms with van der Waals surface area (Å²) < 4.78 is 46.4. The van der Waals surface area contributed by atoms with Crippen LogP contribution in [0.4, 0.5) is 0 Å². The van der Waals surface area contributed by atoms with Crippen molar-refractivity contribution in [3.63, 3.8) is 0 Å². The average molecular weight is 575 g/mol. The number of morpholine rings is 1. The van der Waals surface area contributed by atoms with Gasteiger partial charge in [-0.1, -0.05) is 73.4 Å². The zero-order chi connectivity index (χ0) is 28.1. The topological polar surface area (TPSA) is 113 Å². The number of aromatic nitrogens is 3. The van der Waals surface area contributed by atoms with Crippen LogP contribution < -0.4 is 0 Å². The fraction of sp³-hybridized carbons (Fsp3) is 0.519. The lowest BCUT2D eigenvalue weighted by atomic mass is 9.89. The molecule has 1 saturated heterocycles. The predicted molar refractivity (Wildman–Crippen MR) is 151 cm³/mol. The van der Waals surface area contributed by atoms with E-state index in [1.54, 1.807) is 19.1 Å². The van der Waals surface area contributed by atoms with Gasteiger partial charge in [0.15, 0.2) is 10.4 Å². The van der Waals surface area contributed by atoms with E-state index in [0.29, 0.717) is 19.8 Å². The summed E-state index contributed by atoms with van der Waals surface area (Å²) in [5.74, 6) is -0.686. The first-order valence-electron chi connectivity index (χ1n) is 13.3. The molecule has 1 fully saturated rings. The van der Waals surface area contributed by atoms with Crippen molar-refractivity contribution in [3.8, 4) is 0 Å². The first-order chi connectivity index (χ1) is 18.6. The number of hydrogen-bond donors (Lipinski definition) is 0. The van der Waals surface area contributed by atoms with Gasteiger partial charge in [-0.25, -0.2) is 17.9 Å². The normalized spacial score (nSPS) is 20.6. The van der Waals surface area contributed by atoms with Gasteiger partial charge in [-0.2, -0.15) is 4.31 Å². The third-order valence-corrected chi connectivity index (χ3v) is 11.0. The number of carbonyl (C=O) groups excluding carboxylic acids is 1. The Morgan fingerprint density at radius 1 is 1.15 bits per heavy atom. The van der Waals surface area contributed by atoms with Crippen LogP contribution in [0.1, 0.15) is 35.1 Å². The Kier molecular flexibility index (Phi) is 9.22. The number of nitrogens with zero attached hydrogens (tertiary/aromatic N) is 4. The maximum atomic E-state index is 14.4. The molecular weight excluding hydrogens is 536 g/mol. The van der Waals surface area contributed by atoms with Crippen molar-refractivity contribution in [2.45, 2.75) is 50.5 Å². The molecule has 1 aliphatic heterocycles. The number of esters is 1. The summed E-state index contributed by atoms with van der Waals surface area (Å²) in [6.45, 7) is 10.1. The molecule has 1 aliphatic carbocycles. The van der Waals surface area contributed by atoms with E-state index in [9.17, 15) is 13.2 Å². The first kappa shape index (κ1) is 29.3. The molecule has 10 nitrogen and oxygen atoms in total. The molecule has 12 heteroatoms. The minimum Gasteiger partial charge on any atom is -0.461 e. The smallest absolute Gasteiger partial charge is 0.358 e. The van der Waals surface area contributed by atoms with Crippen LogP contribution in [-0.2, 0) is 35.7 Å². The fourth-order valence-electron chi connectivity index (χ4n) is 4.59. The zero-order valence-electron chi connectivity index (χ0n) is 23.1.